The summed E-state index contributed by atoms with van der Waals surface area (Å²) in [6.45, 7) is 7.71. The molecule has 88 valence electrons. The van der Waals surface area contributed by atoms with E-state index in [0.717, 1.165) is 25.9 Å². The Balaban J connectivity index is 0.000000921. The van der Waals surface area contributed by atoms with Crippen molar-refractivity contribution in [2.75, 3.05) is 19.6 Å². The van der Waals surface area contributed by atoms with Gasteiger partial charge in [0.05, 0.1) is 6.54 Å². The van der Waals surface area contributed by atoms with E-state index in [0.29, 0.717) is 6.54 Å². The molecule has 1 saturated heterocycles. The van der Waals surface area contributed by atoms with Gasteiger partial charge in [-0.2, -0.15) is 0 Å². The van der Waals surface area contributed by atoms with Gasteiger partial charge in [-0.1, -0.05) is 13.8 Å². The molecule has 0 aliphatic carbocycles. The molecule has 1 aliphatic rings. The number of carbonyl (C=O) groups excluding carboxylic acids is 2. The van der Waals surface area contributed by atoms with E-state index in [2.05, 4.69) is 4.90 Å². The Kier molecular flexibility index (Phi) is 6.96. The Morgan fingerprint density at radius 3 is 2.07 bits per heavy atom. The van der Waals surface area contributed by atoms with Crippen LogP contribution < -0.4 is 5.73 Å². The van der Waals surface area contributed by atoms with Crippen molar-refractivity contribution in [3.63, 3.8) is 0 Å². The molecule has 0 radical (unpaired) electrons. The summed E-state index contributed by atoms with van der Waals surface area (Å²) in [7, 11) is 0. The first-order valence-corrected chi connectivity index (χ1v) is 5.60. The van der Waals surface area contributed by atoms with Crippen LogP contribution in [0.15, 0.2) is 0 Å². The number of nitrogens with zero attached hydrogens (tertiary/aromatic N) is 1. The number of likely N-dealkylation sites (tertiary alicyclic amines) is 1. The second kappa shape index (κ2) is 7.40. The van der Waals surface area contributed by atoms with Crippen LogP contribution in [0.3, 0.4) is 0 Å². The van der Waals surface area contributed by atoms with Gasteiger partial charge in [0.1, 0.15) is 5.78 Å². The molecule has 1 heterocycles. The second-order valence-corrected chi connectivity index (χ2v) is 3.65. The summed E-state index contributed by atoms with van der Waals surface area (Å²) >= 11 is 0. The zero-order valence-corrected chi connectivity index (χ0v) is 9.95. The fourth-order valence-electron chi connectivity index (χ4n) is 1.69. The molecule has 4 nitrogen and oxygen atoms in total. The number of carbonyl (C=O) groups is 2. The minimum absolute atomic E-state index is 0.0169. The number of piperidine rings is 1. The van der Waals surface area contributed by atoms with Gasteiger partial charge in [-0.15, -0.1) is 0 Å². The summed E-state index contributed by atoms with van der Waals surface area (Å²) in [6.07, 6.45) is 1.59. The maximum absolute atomic E-state index is 10.8. The van der Waals surface area contributed by atoms with Crippen molar-refractivity contribution in [2.24, 2.45) is 11.7 Å². The van der Waals surface area contributed by atoms with Crippen LogP contribution in [0.4, 0.5) is 0 Å². The molecule has 15 heavy (non-hydrogen) atoms. The molecular weight excluding hydrogens is 192 g/mol. The third kappa shape index (κ3) is 5.52. The van der Waals surface area contributed by atoms with Crippen molar-refractivity contribution in [1.82, 2.24) is 4.90 Å². The fourth-order valence-corrected chi connectivity index (χ4v) is 1.69. The number of primary amides is 1. The second-order valence-electron chi connectivity index (χ2n) is 3.65. The predicted molar refractivity (Wildman–Crippen MR) is 60.4 cm³/mol. The lowest BCUT2D eigenvalue weighted by atomic mass is 9.96. The van der Waals surface area contributed by atoms with E-state index >= 15 is 0 Å². The molecule has 0 aromatic heterocycles. The zero-order valence-electron chi connectivity index (χ0n) is 9.95. The molecule has 1 fully saturated rings. The number of Topliss-reactive ketones (excluding diaryl/α,β-unsaturated/α-hetero) is 1. The van der Waals surface area contributed by atoms with Gasteiger partial charge in [-0.05, 0) is 32.9 Å². The lowest BCUT2D eigenvalue weighted by Gasteiger charge is -2.29. The smallest absolute Gasteiger partial charge is 0.220 e. The van der Waals surface area contributed by atoms with Gasteiger partial charge in [0, 0.05) is 5.92 Å². The summed E-state index contributed by atoms with van der Waals surface area (Å²) in [4.78, 5) is 23.7. The Hall–Kier alpha value is -0.900. The molecule has 0 saturated carbocycles. The molecule has 2 N–H and O–H groups in total. The van der Waals surface area contributed by atoms with Crippen LogP contribution in [0.2, 0.25) is 0 Å². The maximum Gasteiger partial charge on any atom is 0.220 e. The molecule has 0 aromatic carbocycles. The monoisotopic (exact) mass is 214 g/mol. The average molecular weight is 214 g/mol. The van der Waals surface area contributed by atoms with E-state index in [-0.39, 0.29) is 17.6 Å². The third-order valence-corrected chi connectivity index (χ3v) is 2.44. The van der Waals surface area contributed by atoms with Gasteiger partial charge in [-0.3, -0.25) is 14.5 Å². The molecule has 0 atom stereocenters. The summed E-state index contributed by atoms with van der Waals surface area (Å²) in [5.41, 5.74) is 5.19. The predicted octanol–water partition coefficient (Wildman–Crippen LogP) is 0.799. The van der Waals surface area contributed by atoms with Crippen molar-refractivity contribution in [3.05, 3.63) is 0 Å². The van der Waals surface area contributed by atoms with E-state index in [9.17, 15) is 9.59 Å². The minimum atomic E-state index is -0.206. The molecule has 1 aliphatic heterocycles. The van der Waals surface area contributed by atoms with Crippen LogP contribution in [-0.2, 0) is 9.59 Å². The molecule has 0 bridgehead atoms. The molecular formula is C11H22N2O2. The molecule has 0 aromatic rings. The summed E-state index contributed by atoms with van der Waals surface area (Å²) in [6, 6.07) is 0. The molecule has 1 rings (SSSR count). The first-order valence-electron chi connectivity index (χ1n) is 5.60. The van der Waals surface area contributed by atoms with Crippen LogP contribution in [0.25, 0.3) is 0 Å². The van der Waals surface area contributed by atoms with Crippen LogP contribution >= 0.6 is 0 Å². The van der Waals surface area contributed by atoms with Crippen molar-refractivity contribution in [3.8, 4) is 0 Å². The highest BCUT2D eigenvalue weighted by molar-refractivity contribution is 5.78. The molecule has 1 amide bonds. The van der Waals surface area contributed by atoms with Gasteiger partial charge < -0.3 is 5.73 Å². The number of nitrogens with two attached hydrogens (primary N) is 1. The summed E-state index contributed by atoms with van der Waals surface area (Å²) in [5.74, 6) is -0.0109. The summed E-state index contributed by atoms with van der Waals surface area (Å²) in [5, 5.41) is 0. The SMILES string of the molecule is CC.CC(=O)CN1CCC(C(N)=O)CC1. The van der Waals surface area contributed by atoms with Gasteiger partial charge >= 0.3 is 0 Å². The molecule has 4 heteroatoms. The fraction of sp³-hybridized carbons (Fsp3) is 0.818. The molecule has 0 unspecified atom stereocenters. The number of rotatable bonds is 3. The zero-order chi connectivity index (χ0) is 11.8. The van der Waals surface area contributed by atoms with Crippen molar-refractivity contribution >= 4 is 11.7 Å². The first-order chi connectivity index (χ1) is 7.09. The first kappa shape index (κ1) is 14.1. The van der Waals surface area contributed by atoms with E-state index in [4.69, 9.17) is 5.73 Å². The standard InChI is InChI=1S/C9H16N2O2.C2H6/c1-7(12)6-11-4-2-8(3-5-11)9(10)13;1-2/h8H,2-6H2,1H3,(H2,10,13);1-2H3. The summed E-state index contributed by atoms with van der Waals surface area (Å²) < 4.78 is 0. The van der Waals surface area contributed by atoms with Crippen LogP contribution in [0, 0.1) is 5.92 Å². The average Bonchev–Trinajstić information content (AvgIpc) is 2.20. The van der Waals surface area contributed by atoms with Gasteiger partial charge in [-0.25, -0.2) is 0 Å². The topological polar surface area (TPSA) is 63.4 Å². The van der Waals surface area contributed by atoms with E-state index in [1.807, 2.05) is 13.8 Å². The Bertz CT molecular complexity index is 209. The lowest BCUT2D eigenvalue weighted by molar-refractivity contribution is -0.123. The lowest BCUT2D eigenvalue weighted by Crippen LogP contribution is -2.40. The van der Waals surface area contributed by atoms with E-state index < -0.39 is 0 Å². The number of hydrogen-bond acceptors (Lipinski definition) is 3. The van der Waals surface area contributed by atoms with Gasteiger partial charge in [0.2, 0.25) is 5.91 Å². The van der Waals surface area contributed by atoms with E-state index in [1.165, 1.54) is 0 Å². The number of amides is 1. The Morgan fingerprint density at radius 2 is 1.73 bits per heavy atom. The Morgan fingerprint density at radius 1 is 1.27 bits per heavy atom. The maximum atomic E-state index is 10.8. The van der Waals surface area contributed by atoms with Crippen LogP contribution in [-0.4, -0.2) is 36.2 Å². The highest BCUT2D eigenvalue weighted by Gasteiger charge is 2.23. The van der Waals surface area contributed by atoms with Crippen molar-refractivity contribution in [1.29, 1.82) is 0 Å². The largest absolute Gasteiger partial charge is 0.369 e. The van der Waals surface area contributed by atoms with Crippen LogP contribution in [0.5, 0.6) is 0 Å². The molecule has 0 spiro atoms. The normalized spacial score (nSPS) is 17.8. The third-order valence-electron chi connectivity index (χ3n) is 2.44. The number of ketones is 1. The van der Waals surface area contributed by atoms with Crippen LogP contribution in [0.1, 0.15) is 33.6 Å². The minimum Gasteiger partial charge on any atom is -0.369 e. The quantitative estimate of drug-likeness (QED) is 0.755. The van der Waals surface area contributed by atoms with Gasteiger partial charge in [0.15, 0.2) is 0 Å². The van der Waals surface area contributed by atoms with Crippen molar-refractivity contribution < 1.29 is 9.59 Å². The van der Waals surface area contributed by atoms with Crippen molar-refractivity contribution in [2.45, 2.75) is 33.6 Å². The van der Waals surface area contributed by atoms with E-state index in [1.54, 1.807) is 6.92 Å². The Labute approximate surface area is 91.8 Å². The highest BCUT2D eigenvalue weighted by Crippen LogP contribution is 2.15. The highest BCUT2D eigenvalue weighted by atomic mass is 16.1. The number of hydrogen-bond donors (Lipinski definition) is 1. The van der Waals surface area contributed by atoms with Gasteiger partial charge in [0.25, 0.3) is 0 Å².